The van der Waals surface area contributed by atoms with Crippen molar-refractivity contribution in [1.82, 2.24) is 4.98 Å². The van der Waals surface area contributed by atoms with Crippen molar-refractivity contribution in [1.29, 1.82) is 0 Å². The Bertz CT molecular complexity index is 256. The zero-order valence-corrected chi connectivity index (χ0v) is 7.71. The van der Waals surface area contributed by atoms with Crippen LogP contribution in [0.3, 0.4) is 0 Å². The Morgan fingerprint density at radius 1 is 1.77 bits per heavy atom. The standard InChI is InChI=1S/C9H15N3O/c1-7(2-4-10)9(13)12-8-3-5-11-6-8/h3,5-7,11H,2,4,10H2,1H3,(H,12,13). The first-order chi connectivity index (χ1) is 6.24. The molecule has 4 nitrogen and oxygen atoms in total. The van der Waals surface area contributed by atoms with E-state index in [9.17, 15) is 4.79 Å². The fourth-order valence-corrected chi connectivity index (χ4v) is 1.05. The molecule has 1 rings (SSSR count). The SMILES string of the molecule is CC(CCN)C(=O)Nc1cc[nH]c1. The van der Waals surface area contributed by atoms with Crippen LogP contribution in [0.15, 0.2) is 18.5 Å². The van der Waals surface area contributed by atoms with E-state index in [1.165, 1.54) is 0 Å². The van der Waals surface area contributed by atoms with Gasteiger partial charge >= 0.3 is 0 Å². The number of nitrogens with one attached hydrogen (secondary N) is 2. The van der Waals surface area contributed by atoms with E-state index in [0.717, 1.165) is 12.1 Å². The Morgan fingerprint density at radius 3 is 3.08 bits per heavy atom. The van der Waals surface area contributed by atoms with Crippen LogP contribution in [0.1, 0.15) is 13.3 Å². The van der Waals surface area contributed by atoms with Crippen molar-refractivity contribution in [3.63, 3.8) is 0 Å². The number of aromatic amines is 1. The first-order valence-electron chi connectivity index (χ1n) is 4.37. The number of nitrogens with two attached hydrogens (primary N) is 1. The second kappa shape index (κ2) is 4.67. The maximum atomic E-state index is 11.4. The third-order valence-corrected chi connectivity index (χ3v) is 1.91. The molecular weight excluding hydrogens is 166 g/mol. The second-order valence-electron chi connectivity index (χ2n) is 3.07. The van der Waals surface area contributed by atoms with E-state index in [2.05, 4.69) is 10.3 Å². The number of hydrogen-bond acceptors (Lipinski definition) is 2. The summed E-state index contributed by atoms with van der Waals surface area (Å²) in [4.78, 5) is 14.3. The van der Waals surface area contributed by atoms with Crippen molar-refractivity contribution in [2.24, 2.45) is 11.7 Å². The normalized spacial score (nSPS) is 12.5. The maximum absolute atomic E-state index is 11.4. The monoisotopic (exact) mass is 181 g/mol. The summed E-state index contributed by atoms with van der Waals surface area (Å²) in [5.74, 6) is -0.00931. The van der Waals surface area contributed by atoms with Gasteiger partial charge in [0.1, 0.15) is 0 Å². The van der Waals surface area contributed by atoms with Crippen molar-refractivity contribution < 1.29 is 4.79 Å². The van der Waals surface area contributed by atoms with Crippen LogP contribution in [0.2, 0.25) is 0 Å². The number of amides is 1. The van der Waals surface area contributed by atoms with Gasteiger partial charge in [0.2, 0.25) is 5.91 Å². The van der Waals surface area contributed by atoms with Gasteiger partial charge in [0.05, 0.1) is 5.69 Å². The van der Waals surface area contributed by atoms with E-state index in [1.54, 1.807) is 12.4 Å². The molecule has 0 aromatic carbocycles. The second-order valence-corrected chi connectivity index (χ2v) is 3.07. The van der Waals surface area contributed by atoms with E-state index in [0.29, 0.717) is 6.54 Å². The molecule has 1 amide bonds. The summed E-state index contributed by atoms with van der Waals surface area (Å²) in [5.41, 5.74) is 6.15. The summed E-state index contributed by atoms with van der Waals surface area (Å²) in [6, 6.07) is 1.81. The van der Waals surface area contributed by atoms with Crippen molar-refractivity contribution >= 4 is 11.6 Å². The fourth-order valence-electron chi connectivity index (χ4n) is 1.05. The van der Waals surface area contributed by atoms with Gasteiger partial charge in [0.15, 0.2) is 0 Å². The van der Waals surface area contributed by atoms with Gasteiger partial charge in [-0.3, -0.25) is 4.79 Å². The summed E-state index contributed by atoms with van der Waals surface area (Å²) < 4.78 is 0. The number of H-pyrrole nitrogens is 1. The minimum Gasteiger partial charge on any atom is -0.366 e. The zero-order chi connectivity index (χ0) is 9.68. The number of carbonyl (C=O) groups is 1. The number of anilines is 1. The summed E-state index contributed by atoms with van der Waals surface area (Å²) in [6.07, 6.45) is 4.23. The molecule has 13 heavy (non-hydrogen) atoms. The Kier molecular flexibility index (Phi) is 3.52. The summed E-state index contributed by atoms with van der Waals surface area (Å²) in [6.45, 7) is 2.41. The quantitative estimate of drug-likeness (QED) is 0.646. The first kappa shape index (κ1) is 9.80. The summed E-state index contributed by atoms with van der Waals surface area (Å²) >= 11 is 0. The van der Waals surface area contributed by atoms with Crippen LogP contribution in [0.25, 0.3) is 0 Å². The third-order valence-electron chi connectivity index (χ3n) is 1.91. The van der Waals surface area contributed by atoms with E-state index in [1.807, 2.05) is 13.0 Å². The Balaban J connectivity index is 2.41. The van der Waals surface area contributed by atoms with Gasteiger partial charge in [0, 0.05) is 18.3 Å². The predicted molar refractivity (Wildman–Crippen MR) is 52.3 cm³/mol. The molecule has 4 heteroatoms. The van der Waals surface area contributed by atoms with E-state index >= 15 is 0 Å². The van der Waals surface area contributed by atoms with Crippen LogP contribution < -0.4 is 11.1 Å². The highest BCUT2D eigenvalue weighted by atomic mass is 16.1. The van der Waals surface area contributed by atoms with Crippen LogP contribution in [-0.2, 0) is 4.79 Å². The highest BCUT2D eigenvalue weighted by molar-refractivity contribution is 5.92. The zero-order valence-electron chi connectivity index (χ0n) is 7.71. The molecule has 0 bridgehead atoms. The molecule has 1 atom stereocenters. The smallest absolute Gasteiger partial charge is 0.227 e. The molecule has 1 unspecified atom stereocenters. The number of hydrogen-bond donors (Lipinski definition) is 3. The molecule has 0 saturated heterocycles. The largest absolute Gasteiger partial charge is 0.366 e. The lowest BCUT2D eigenvalue weighted by Gasteiger charge is -2.09. The van der Waals surface area contributed by atoms with Gasteiger partial charge in [-0.15, -0.1) is 0 Å². The minimum absolute atomic E-state index is 0.0186. The van der Waals surface area contributed by atoms with E-state index < -0.39 is 0 Å². The van der Waals surface area contributed by atoms with Crippen molar-refractivity contribution in [2.75, 3.05) is 11.9 Å². The molecule has 0 aliphatic heterocycles. The molecule has 0 aliphatic carbocycles. The molecule has 1 aromatic heterocycles. The van der Waals surface area contributed by atoms with Gasteiger partial charge in [-0.25, -0.2) is 0 Å². The Hall–Kier alpha value is -1.29. The van der Waals surface area contributed by atoms with Crippen LogP contribution >= 0.6 is 0 Å². The average Bonchev–Trinajstić information content (AvgIpc) is 2.57. The topological polar surface area (TPSA) is 70.9 Å². The average molecular weight is 181 g/mol. The Labute approximate surface area is 77.5 Å². The highest BCUT2D eigenvalue weighted by Crippen LogP contribution is 2.08. The van der Waals surface area contributed by atoms with E-state index in [4.69, 9.17) is 5.73 Å². The molecule has 72 valence electrons. The van der Waals surface area contributed by atoms with Crippen molar-refractivity contribution in [3.05, 3.63) is 18.5 Å². The van der Waals surface area contributed by atoms with Gasteiger partial charge in [-0.1, -0.05) is 6.92 Å². The van der Waals surface area contributed by atoms with Crippen LogP contribution in [0, 0.1) is 5.92 Å². The molecule has 0 spiro atoms. The predicted octanol–water partition coefficient (Wildman–Crippen LogP) is 0.938. The minimum atomic E-state index is -0.0279. The summed E-state index contributed by atoms with van der Waals surface area (Å²) in [5, 5.41) is 2.78. The lowest BCUT2D eigenvalue weighted by atomic mass is 10.1. The number of aromatic nitrogens is 1. The van der Waals surface area contributed by atoms with Gasteiger partial charge in [0.25, 0.3) is 0 Å². The molecule has 0 radical (unpaired) electrons. The lowest BCUT2D eigenvalue weighted by molar-refractivity contribution is -0.119. The molecule has 1 heterocycles. The van der Waals surface area contributed by atoms with Crippen molar-refractivity contribution in [3.8, 4) is 0 Å². The van der Waals surface area contributed by atoms with Crippen molar-refractivity contribution in [2.45, 2.75) is 13.3 Å². The molecule has 0 fully saturated rings. The van der Waals surface area contributed by atoms with Gasteiger partial charge < -0.3 is 16.0 Å². The number of rotatable bonds is 4. The molecule has 1 aromatic rings. The maximum Gasteiger partial charge on any atom is 0.227 e. The first-order valence-corrected chi connectivity index (χ1v) is 4.37. The Morgan fingerprint density at radius 2 is 2.54 bits per heavy atom. The molecule has 0 saturated carbocycles. The lowest BCUT2D eigenvalue weighted by Crippen LogP contribution is -2.22. The molecule has 0 aliphatic rings. The third kappa shape index (κ3) is 2.91. The van der Waals surface area contributed by atoms with Gasteiger partial charge in [-0.05, 0) is 19.0 Å². The van der Waals surface area contributed by atoms with Crippen LogP contribution in [-0.4, -0.2) is 17.4 Å². The molecular formula is C9H15N3O. The van der Waals surface area contributed by atoms with Gasteiger partial charge in [-0.2, -0.15) is 0 Å². The molecule has 4 N–H and O–H groups in total. The number of carbonyl (C=O) groups excluding carboxylic acids is 1. The highest BCUT2D eigenvalue weighted by Gasteiger charge is 2.11. The van der Waals surface area contributed by atoms with Crippen LogP contribution in [0.4, 0.5) is 5.69 Å². The fraction of sp³-hybridized carbons (Fsp3) is 0.444. The summed E-state index contributed by atoms with van der Waals surface area (Å²) in [7, 11) is 0. The van der Waals surface area contributed by atoms with E-state index in [-0.39, 0.29) is 11.8 Å². The van der Waals surface area contributed by atoms with Crippen LogP contribution in [0.5, 0.6) is 0 Å².